The molecule has 4 bridgehead atoms. The molecule has 4 aliphatic rings. The van der Waals surface area contributed by atoms with E-state index < -0.39 is 0 Å². The molecule has 2 aromatic rings. The zero-order valence-electron chi connectivity index (χ0n) is 14.7. The zero-order valence-corrected chi connectivity index (χ0v) is 14.7. The maximum atomic E-state index is 12.9. The number of ether oxygens (including phenoxy) is 1. The van der Waals surface area contributed by atoms with Crippen LogP contribution in [0.1, 0.15) is 48.0 Å². The van der Waals surface area contributed by atoms with Gasteiger partial charge in [0.25, 0.3) is 5.91 Å². The molecule has 4 saturated carbocycles. The predicted octanol–water partition coefficient (Wildman–Crippen LogP) is 2.36. The Kier molecular flexibility index (Phi) is 3.23. The van der Waals surface area contributed by atoms with E-state index in [4.69, 9.17) is 4.74 Å². The molecule has 1 amide bonds. The number of hydrogen-bond donors (Lipinski definition) is 1. The van der Waals surface area contributed by atoms with E-state index in [2.05, 4.69) is 15.4 Å². The largest absolute Gasteiger partial charge is 0.378 e. The molecule has 0 radical (unpaired) electrons. The van der Waals surface area contributed by atoms with Crippen LogP contribution in [0, 0.1) is 24.7 Å². The Bertz CT molecular complexity index is 829. The van der Waals surface area contributed by atoms with Gasteiger partial charge in [-0.1, -0.05) is 0 Å². The summed E-state index contributed by atoms with van der Waals surface area (Å²) in [7, 11) is 1.85. The second kappa shape index (κ2) is 5.27. The van der Waals surface area contributed by atoms with Crippen LogP contribution < -0.4 is 5.32 Å². The highest BCUT2D eigenvalue weighted by Crippen LogP contribution is 2.57. The fourth-order valence-electron chi connectivity index (χ4n) is 5.79. The van der Waals surface area contributed by atoms with Crippen molar-refractivity contribution in [2.75, 3.05) is 7.11 Å². The molecule has 0 spiro atoms. The van der Waals surface area contributed by atoms with Gasteiger partial charge in [0.1, 0.15) is 5.56 Å². The summed E-state index contributed by atoms with van der Waals surface area (Å²) < 4.78 is 7.59. The Morgan fingerprint density at radius 2 is 2.04 bits per heavy atom. The lowest BCUT2D eigenvalue weighted by Crippen LogP contribution is -2.62. The van der Waals surface area contributed by atoms with Crippen molar-refractivity contribution in [3.63, 3.8) is 0 Å². The number of aryl methyl sites for hydroxylation is 1. The van der Waals surface area contributed by atoms with Gasteiger partial charge in [-0.2, -0.15) is 5.10 Å². The Morgan fingerprint density at radius 1 is 1.28 bits per heavy atom. The highest BCUT2D eigenvalue weighted by Gasteiger charge is 2.56. The van der Waals surface area contributed by atoms with Gasteiger partial charge in [0, 0.05) is 25.5 Å². The van der Waals surface area contributed by atoms with Gasteiger partial charge in [-0.15, -0.1) is 0 Å². The van der Waals surface area contributed by atoms with Gasteiger partial charge in [0.2, 0.25) is 0 Å². The number of fused-ring (bicyclic) bond motifs is 1. The molecule has 6 heteroatoms. The van der Waals surface area contributed by atoms with Crippen molar-refractivity contribution in [2.45, 2.75) is 50.7 Å². The first-order chi connectivity index (χ1) is 12.1. The molecule has 2 aromatic heterocycles. The normalized spacial score (nSPS) is 36.1. The summed E-state index contributed by atoms with van der Waals surface area (Å²) in [5, 5.41) is 7.61. The van der Waals surface area contributed by atoms with E-state index in [1.165, 1.54) is 19.3 Å². The average Bonchev–Trinajstić information content (AvgIpc) is 3.00. The molecule has 4 aliphatic carbocycles. The maximum absolute atomic E-state index is 12.9. The van der Waals surface area contributed by atoms with Crippen molar-refractivity contribution < 1.29 is 9.53 Å². The van der Waals surface area contributed by atoms with E-state index in [0.717, 1.165) is 24.3 Å². The fourth-order valence-corrected chi connectivity index (χ4v) is 5.79. The van der Waals surface area contributed by atoms with E-state index in [0.29, 0.717) is 23.0 Å². The SMILES string of the molecule is COC12CC3CC(C1)C(NC(=O)c1cnn4cc(C)cnc14)C(C3)C2. The summed E-state index contributed by atoms with van der Waals surface area (Å²) in [6.07, 6.45) is 11.1. The molecule has 0 saturated heterocycles. The fraction of sp³-hybridized carbons (Fsp3) is 0.632. The van der Waals surface area contributed by atoms with E-state index in [-0.39, 0.29) is 17.6 Å². The summed E-state index contributed by atoms with van der Waals surface area (Å²) in [6.45, 7) is 1.97. The highest BCUT2D eigenvalue weighted by molar-refractivity contribution is 5.99. The number of amides is 1. The van der Waals surface area contributed by atoms with E-state index >= 15 is 0 Å². The summed E-state index contributed by atoms with van der Waals surface area (Å²) in [5.41, 5.74) is 2.28. The zero-order chi connectivity index (χ0) is 17.2. The Labute approximate surface area is 147 Å². The minimum atomic E-state index is -0.0460. The lowest BCUT2D eigenvalue weighted by Gasteiger charge is -2.59. The molecule has 6 nitrogen and oxygen atoms in total. The molecule has 4 fully saturated rings. The first-order valence-electron chi connectivity index (χ1n) is 9.23. The smallest absolute Gasteiger partial charge is 0.257 e. The number of rotatable bonds is 3. The van der Waals surface area contributed by atoms with E-state index in [1.807, 2.05) is 20.2 Å². The molecule has 0 aliphatic heterocycles. The van der Waals surface area contributed by atoms with Crippen LogP contribution >= 0.6 is 0 Å². The minimum Gasteiger partial charge on any atom is -0.378 e. The molecule has 2 atom stereocenters. The van der Waals surface area contributed by atoms with Gasteiger partial charge in [-0.25, -0.2) is 9.50 Å². The standard InChI is InChI=1S/C19H24N4O2/c1-11-8-20-17-15(9-21-23(17)10-11)18(24)22-16-13-3-12-4-14(16)7-19(5-12,6-13)25-2/h8-10,12-14,16H,3-7H2,1-2H3,(H,22,24). The molecule has 25 heavy (non-hydrogen) atoms. The van der Waals surface area contributed by atoms with Crippen LogP contribution in [0.3, 0.4) is 0 Å². The van der Waals surface area contributed by atoms with Gasteiger partial charge in [-0.3, -0.25) is 4.79 Å². The first kappa shape index (κ1) is 15.3. The van der Waals surface area contributed by atoms with Gasteiger partial charge in [0.15, 0.2) is 5.65 Å². The Hall–Kier alpha value is -1.95. The lowest BCUT2D eigenvalue weighted by atomic mass is 9.52. The van der Waals surface area contributed by atoms with Crippen molar-refractivity contribution >= 4 is 11.6 Å². The van der Waals surface area contributed by atoms with Crippen molar-refractivity contribution in [1.82, 2.24) is 19.9 Å². The van der Waals surface area contributed by atoms with E-state index in [1.54, 1.807) is 16.9 Å². The molecule has 132 valence electrons. The third kappa shape index (κ3) is 2.30. The third-order valence-electron chi connectivity index (χ3n) is 6.68. The third-order valence-corrected chi connectivity index (χ3v) is 6.68. The number of methoxy groups -OCH3 is 1. The van der Waals surface area contributed by atoms with Crippen LogP contribution in [0.25, 0.3) is 5.65 Å². The molecule has 6 rings (SSSR count). The maximum Gasteiger partial charge on any atom is 0.257 e. The second-order valence-corrected chi connectivity index (χ2v) is 8.31. The first-order valence-corrected chi connectivity index (χ1v) is 9.23. The second-order valence-electron chi connectivity index (χ2n) is 8.31. The molecule has 2 unspecified atom stereocenters. The van der Waals surface area contributed by atoms with Crippen LogP contribution in [0.4, 0.5) is 0 Å². The molecular weight excluding hydrogens is 316 g/mol. The van der Waals surface area contributed by atoms with Crippen molar-refractivity contribution in [2.24, 2.45) is 17.8 Å². The monoisotopic (exact) mass is 340 g/mol. The van der Waals surface area contributed by atoms with Crippen LogP contribution in [-0.4, -0.2) is 39.3 Å². The predicted molar refractivity (Wildman–Crippen MR) is 92.3 cm³/mol. The summed E-state index contributed by atoms with van der Waals surface area (Å²) >= 11 is 0. The summed E-state index contributed by atoms with van der Waals surface area (Å²) in [4.78, 5) is 17.3. The van der Waals surface area contributed by atoms with Crippen molar-refractivity contribution in [1.29, 1.82) is 0 Å². The summed E-state index contributed by atoms with van der Waals surface area (Å²) in [5.74, 6) is 1.79. The number of nitrogens with one attached hydrogen (secondary N) is 1. The van der Waals surface area contributed by atoms with Gasteiger partial charge < -0.3 is 10.1 Å². The number of nitrogens with zero attached hydrogens (tertiary/aromatic N) is 3. The molecule has 2 heterocycles. The van der Waals surface area contributed by atoms with Crippen molar-refractivity contribution in [3.8, 4) is 0 Å². The minimum absolute atomic E-state index is 0.0460. The van der Waals surface area contributed by atoms with Crippen LogP contribution in [0.2, 0.25) is 0 Å². The topological polar surface area (TPSA) is 68.5 Å². The highest BCUT2D eigenvalue weighted by atomic mass is 16.5. The van der Waals surface area contributed by atoms with Gasteiger partial charge >= 0.3 is 0 Å². The van der Waals surface area contributed by atoms with E-state index in [9.17, 15) is 4.79 Å². The molecular formula is C19H24N4O2. The summed E-state index contributed by atoms with van der Waals surface area (Å²) in [6, 6.07) is 0.257. The van der Waals surface area contributed by atoms with Crippen LogP contribution in [0.5, 0.6) is 0 Å². The lowest BCUT2D eigenvalue weighted by molar-refractivity contribution is -0.156. The molecule has 1 N–H and O–H groups in total. The number of carbonyl (C=O) groups excluding carboxylic acids is 1. The molecule has 0 aromatic carbocycles. The van der Waals surface area contributed by atoms with Crippen LogP contribution in [-0.2, 0) is 4.74 Å². The Morgan fingerprint density at radius 3 is 2.76 bits per heavy atom. The van der Waals surface area contributed by atoms with Gasteiger partial charge in [0.05, 0.1) is 11.8 Å². The quantitative estimate of drug-likeness (QED) is 0.931. The number of aromatic nitrogens is 3. The Balaban J connectivity index is 1.39. The number of hydrogen-bond acceptors (Lipinski definition) is 4. The van der Waals surface area contributed by atoms with Crippen LogP contribution in [0.15, 0.2) is 18.6 Å². The van der Waals surface area contributed by atoms with Gasteiger partial charge in [-0.05, 0) is 62.3 Å². The number of carbonyl (C=O) groups is 1. The average molecular weight is 340 g/mol. The van der Waals surface area contributed by atoms with Crippen molar-refractivity contribution in [3.05, 3.63) is 29.7 Å².